The molecule has 0 aromatic heterocycles. The first-order valence-electron chi connectivity index (χ1n) is 9.52. The molecule has 1 atom stereocenters. The standard InChI is InChI=1S/C18H35N3/c1-15-9-13-21(14-10-15)18-6-4-17(5-7-18)20-16-3-2-11-19-12-8-16/h15-20H,2-14H2,1H3/t16-,17?,18?/m0/s1. The lowest BCUT2D eigenvalue weighted by Gasteiger charge is -2.41. The number of piperidine rings is 1. The van der Waals surface area contributed by atoms with Crippen LogP contribution in [0.3, 0.4) is 0 Å². The molecule has 0 radical (unpaired) electrons. The van der Waals surface area contributed by atoms with Gasteiger partial charge in [0.15, 0.2) is 0 Å². The third kappa shape index (κ3) is 4.67. The van der Waals surface area contributed by atoms with Crippen LogP contribution in [-0.2, 0) is 0 Å². The van der Waals surface area contributed by atoms with E-state index < -0.39 is 0 Å². The summed E-state index contributed by atoms with van der Waals surface area (Å²) in [6.07, 6.45) is 12.6. The second kappa shape index (κ2) is 7.94. The minimum atomic E-state index is 0.775. The van der Waals surface area contributed by atoms with Crippen LogP contribution in [0.4, 0.5) is 0 Å². The summed E-state index contributed by atoms with van der Waals surface area (Å²) >= 11 is 0. The lowest BCUT2D eigenvalue weighted by Crippen LogP contribution is -2.47. The SMILES string of the molecule is CC1CCN(C2CCC(N[C@H]3CCCNCC3)CC2)CC1. The first-order chi connectivity index (χ1) is 10.3. The fourth-order valence-corrected chi connectivity index (χ4v) is 4.52. The zero-order valence-electron chi connectivity index (χ0n) is 13.9. The van der Waals surface area contributed by atoms with E-state index in [2.05, 4.69) is 22.5 Å². The Bertz CT molecular complexity index is 283. The highest BCUT2D eigenvalue weighted by molar-refractivity contribution is 4.87. The molecule has 2 saturated heterocycles. The van der Waals surface area contributed by atoms with Crippen LogP contribution in [0.5, 0.6) is 0 Å². The summed E-state index contributed by atoms with van der Waals surface area (Å²) in [7, 11) is 0. The number of nitrogens with zero attached hydrogens (tertiary/aromatic N) is 1. The van der Waals surface area contributed by atoms with Gasteiger partial charge in [0, 0.05) is 18.1 Å². The van der Waals surface area contributed by atoms with Crippen molar-refractivity contribution >= 4 is 0 Å². The fraction of sp³-hybridized carbons (Fsp3) is 1.00. The van der Waals surface area contributed by atoms with Crippen molar-refractivity contribution < 1.29 is 0 Å². The highest BCUT2D eigenvalue weighted by atomic mass is 15.2. The highest BCUT2D eigenvalue weighted by Gasteiger charge is 2.28. The zero-order valence-corrected chi connectivity index (χ0v) is 13.9. The van der Waals surface area contributed by atoms with Crippen LogP contribution < -0.4 is 10.6 Å². The van der Waals surface area contributed by atoms with Gasteiger partial charge in [-0.15, -0.1) is 0 Å². The first kappa shape index (κ1) is 15.8. The normalized spacial score (nSPS) is 37.3. The van der Waals surface area contributed by atoms with E-state index in [-0.39, 0.29) is 0 Å². The van der Waals surface area contributed by atoms with Gasteiger partial charge in [-0.25, -0.2) is 0 Å². The largest absolute Gasteiger partial charge is 0.317 e. The molecular weight excluding hydrogens is 258 g/mol. The molecule has 0 aromatic carbocycles. The summed E-state index contributed by atoms with van der Waals surface area (Å²) in [6.45, 7) is 7.56. The summed E-state index contributed by atoms with van der Waals surface area (Å²) in [4.78, 5) is 2.80. The fourth-order valence-electron chi connectivity index (χ4n) is 4.52. The number of nitrogens with one attached hydrogen (secondary N) is 2. The topological polar surface area (TPSA) is 27.3 Å². The average molecular weight is 293 g/mol. The van der Waals surface area contributed by atoms with Crippen molar-refractivity contribution in [2.24, 2.45) is 5.92 Å². The Morgan fingerprint density at radius 1 is 0.810 bits per heavy atom. The number of rotatable bonds is 3. The Labute approximate surface area is 131 Å². The molecule has 2 aliphatic heterocycles. The van der Waals surface area contributed by atoms with Crippen molar-refractivity contribution in [2.45, 2.75) is 82.8 Å². The Morgan fingerprint density at radius 3 is 2.29 bits per heavy atom. The van der Waals surface area contributed by atoms with Gasteiger partial charge in [0.1, 0.15) is 0 Å². The molecule has 21 heavy (non-hydrogen) atoms. The minimum absolute atomic E-state index is 0.775. The zero-order chi connectivity index (χ0) is 14.5. The number of hydrogen-bond acceptors (Lipinski definition) is 3. The molecule has 0 spiro atoms. The van der Waals surface area contributed by atoms with Crippen molar-refractivity contribution in [1.82, 2.24) is 15.5 Å². The van der Waals surface area contributed by atoms with Crippen LogP contribution in [0.25, 0.3) is 0 Å². The summed E-state index contributed by atoms with van der Waals surface area (Å²) in [5, 5.41) is 7.49. The predicted molar refractivity (Wildman–Crippen MR) is 89.7 cm³/mol. The Hall–Kier alpha value is -0.120. The van der Waals surface area contributed by atoms with E-state index in [1.807, 2.05) is 0 Å². The van der Waals surface area contributed by atoms with Crippen LogP contribution in [0, 0.1) is 5.92 Å². The molecule has 0 bridgehead atoms. The molecule has 3 rings (SSSR count). The molecule has 1 aliphatic carbocycles. The maximum atomic E-state index is 3.97. The summed E-state index contributed by atoms with van der Waals surface area (Å²) in [6, 6.07) is 2.47. The average Bonchev–Trinajstić information content (AvgIpc) is 2.78. The molecule has 1 saturated carbocycles. The molecule has 3 fully saturated rings. The third-order valence-electron chi connectivity index (χ3n) is 6.08. The molecule has 0 amide bonds. The van der Waals surface area contributed by atoms with Gasteiger partial charge < -0.3 is 15.5 Å². The molecule has 0 aromatic rings. The van der Waals surface area contributed by atoms with Crippen LogP contribution in [0.15, 0.2) is 0 Å². The van der Waals surface area contributed by atoms with Gasteiger partial charge in [0.05, 0.1) is 0 Å². The molecule has 3 aliphatic rings. The second-order valence-electron chi connectivity index (χ2n) is 7.77. The van der Waals surface area contributed by atoms with E-state index in [9.17, 15) is 0 Å². The quantitative estimate of drug-likeness (QED) is 0.838. The molecule has 3 nitrogen and oxygen atoms in total. The summed E-state index contributed by atoms with van der Waals surface area (Å²) in [5.41, 5.74) is 0. The molecule has 2 heterocycles. The smallest absolute Gasteiger partial charge is 0.00964 e. The van der Waals surface area contributed by atoms with Crippen LogP contribution in [-0.4, -0.2) is 49.2 Å². The molecule has 122 valence electrons. The highest BCUT2D eigenvalue weighted by Crippen LogP contribution is 2.27. The monoisotopic (exact) mass is 293 g/mol. The third-order valence-corrected chi connectivity index (χ3v) is 6.08. The number of likely N-dealkylation sites (tertiary alicyclic amines) is 1. The van der Waals surface area contributed by atoms with E-state index in [0.29, 0.717) is 0 Å². The Kier molecular flexibility index (Phi) is 5.96. The maximum absolute atomic E-state index is 3.97. The van der Waals surface area contributed by atoms with Gasteiger partial charge in [0.2, 0.25) is 0 Å². The number of hydrogen-bond donors (Lipinski definition) is 2. The predicted octanol–water partition coefficient (Wildman–Crippen LogP) is 2.76. The van der Waals surface area contributed by atoms with Crippen LogP contribution in [0.2, 0.25) is 0 Å². The molecule has 2 N–H and O–H groups in total. The molecule has 3 heteroatoms. The van der Waals surface area contributed by atoms with Gasteiger partial charge in [-0.3, -0.25) is 0 Å². The molecular formula is C18H35N3. The van der Waals surface area contributed by atoms with Gasteiger partial charge >= 0.3 is 0 Å². The van der Waals surface area contributed by atoms with Crippen molar-refractivity contribution in [3.05, 3.63) is 0 Å². The first-order valence-corrected chi connectivity index (χ1v) is 9.52. The van der Waals surface area contributed by atoms with E-state index in [1.54, 1.807) is 0 Å². The van der Waals surface area contributed by atoms with Crippen molar-refractivity contribution in [2.75, 3.05) is 26.2 Å². The van der Waals surface area contributed by atoms with E-state index in [1.165, 1.54) is 84.0 Å². The summed E-state index contributed by atoms with van der Waals surface area (Å²) in [5.74, 6) is 0.961. The van der Waals surface area contributed by atoms with Crippen molar-refractivity contribution in [3.63, 3.8) is 0 Å². The van der Waals surface area contributed by atoms with Crippen molar-refractivity contribution in [3.8, 4) is 0 Å². The van der Waals surface area contributed by atoms with E-state index >= 15 is 0 Å². The lowest BCUT2D eigenvalue weighted by molar-refractivity contribution is 0.101. The maximum Gasteiger partial charge on any atom is 0.00964 e. The van der Waals surface area contributed by atoms with Crippen LogP contribution in [0.1, 0.15) is 64.7 Å². The summed E-state index contributed by atoms with van der Waals surface area (Å²) < 4.78 is 0. The van der Waals surface area contributed by atoms with Gasteiger partial charge in [-0.05, 0) is 89.9 Å². The van der Waals surface area contributed by atoms with E-state index in [0.717, 1.165) is 24.0 Å². The van der Waals surface area contributed by atoms with Gasteiger partial charge in [0.25, 0.3) is 0 Å². The van der Waals surface area contributed by atoms with Gasteiger partial charge in [-0.1, -0.05) is 6.92 Å². The Morgan fingerprint density at radius 2 is 1.52 bits per heavy atom. The second-order valence-corrected chi connectivity index (χ2v) is 7.77. The Balaban J connectivity index is 1.38. The van der Waals surface area contributed by atoms with Gasteiger partial charge in [-0.2, -0.15) is 0 Å². The molecule has 0 unspecified atom stereocenters. The lowest BCUT2D eigenvalue weighted by atomic mass is 9.87. The minimum Gasteiger partial charge on any atom is -0.317 e. The van der Waals surface area contributed by atoms with Crippen LogP contribution >= 0.6 is 0 Å². The van der Waals surface area contributed by atoms with E-state index in [4.69, 9.17) is 0 Å². The van der Waals surface area contributed by atoms with Crippen molar-refractivity contribution in [1.29, 1.82) is 0 Å².